The standard InChI is InChI=1S/C10H9ClFN3O/c1-15-8(5-16)13-14-10(15)9-6(11)3-2-4-7(9)12/h2-4,16H,5H2,1H3. The first-order valence-corrected chi connectivity index (χ1v) is 4.96. The van der Waals surface area contributed by atoms with E-state index in [-0.39, 0.29) is 17.2 Å². The van der Waals surface area contributed by atoms with Crippen LogP contribution in [-0.2, 0) is 13.7 Å². The Balaban J connectivity index is 2.63. The highest BCUT2D eigenvalue weighted by atomic mass is 35.5. The highest BCUT2D eigenvalue weighted by Crippen LogP contribution is 2.28. The molecule has 0 spiro atoms. The topological polar surface area (TPSA) is 50.9 Å². The normalized spacial score (nSPS) is 10.8. The average molecular weight is 242 g/mol. The van der Waals surface area contributed by atoms with E-state index in [1.54, 1.807) is 13.1 Å². The van der Waals surface area contributed by atoms with E-state index in [9.17, 15) is 4.39 Å². The fourth-order valence-electron chi connectivity index (χ4n) is 1.43. The zero-order valence-corrected chi connectivity index (χ0v) is 9.24. The van der Waals surface area contributed by atoms with Crippen LogP contribution in [0.25, 0.3) is 11.4 Å². The Morgan fingerprint density at radius 3 is 2.75 bits per heavy atom. The molecule has 84 valence electrons. The van der Waals surface area contributed by atoms with Crippen LogP contribution in [0, 0.1) is 5.82 Å². The minimum atomic E-state index is -0.465. The van der Waals surface area contributed by atoms with Gasteiger partial charge in [-0.05, 0) is 12.1 Å². The van der Waals surface area contributed by atoms with E-state index in [1.807, 2.05) is 0 Å². The molecule has 0 aliphatic carbocycles. The van der Waals surface area contributed by atoms with Gasteiger partial charge in [0, 0.05) is 7.05 Å². The van der Waals surface area contributed by atoms with Gasteiger partial charge in [0.2, 0.25) is 0 Å². The molecule has 2 rings (SSSR count). The molecular formula is C10H9ClFN3O. The first-order valence-electron chi connectivity index (χ1n) is 4.58. The molecule has 6 heteroatoms. The Bertz CT molecular complexity index is 507. The molecule has 0 aliphatic rings. The molecule has 4 nitrogen and oxygen atoms in total. The number of halogens is 2. The quantitative estimate of drug-likeness (QED) is 0.872. The Morgan fingerprint density at radius 2 is 2.19 bits per heavy atom. The molecule has 0 amide bonds. The maximum Gasteiger partial charge on any atom is 0.168 e. The maximum absolute atomic E-state index is 13.6. The number of aliphatic hydroxyl groups is 1. The van der Waals surface area contributed by atoms with Gasteiger partial charge in [0.15, 0.2) is 11.6 Å². The third kappa shape index (κ3) is 1.68. The third-order valence-electron chi connectivity index (χ3n) is 2.29. The largest absolute Gasteiger partial charge is 0.388 e. The fourth-order valence-corrected chi connectivity index (χ4v) is 1.68. The van der Waals surface area contributed by atoms with Gasteiger partial charge in [0.25, 0.3) is 0 Å². The molecule has 0 bridgehead atoms. The lowest BCUT2D eigenvalue weighted by molar-refractivity contribution is 0.267. The highest BCUT2D eigenvalue weighted by molar-refractivity contribution is 6.33. The molecule has 2 aromatic rings. The molecule has 0 unspecified atom stereocenters. The summed E-state index contributed by atoms with van der Waals surface area (Å²) in [6.45, 7) is -0.254. The molecule has 1 N–H and O–H groups in total. The lowest BCUT2D eigenvalue weighted by Crippen LogP contribution is -2.00. The Labute approximate surface area is 96.3 Å². The van der Waals surface area contributed by atoms with Gasteiger partial charge in [0.05, 0.1) is 10.6 Å². The predicted molar refractivity (Wildman–Crippen MR) is 57.3 cm³/mol. The van der Waals surface area contributed by atoms with Gasteiger partial charge in [-0.2, -0.15) is 0 Å². The second-order valence-corrected chi connectivity index (χ2v) is 3.66. The Morgan fingerprint density at radius 1 is 1.44 bits per heavy atom. The number of nitrogens with zero attached hydrogens (tertiary/aromatic N) is 3. The first kappa shape index (κ1) is 11.0. The summed E-state index contributed by atoms with van der Waals surface area (Å²) >= 11 is 5.90. The molecule has 1 heterocycles. The summed E-state index contributed by atoms with van der Waals surface area (Å²) in [4.78, 5) is 0. The van der Waals surface area contributed by atoms with Gasteiger partial charge < -0.3 is 9.67 Å². The van der Waals surface area contributed by atoms with Crippen LogP contribution in [0.1, 0.15) is 5.82 Å². The summed E-state index contributed by atoms with van der Waals surface area (Å²) in [5.74, 6) is 0.189. The molecule has 16 heavy (non-hydrogen) atoms. The summed E-state index contributed by atoms with van der Waals surface area (Å²) in [7, 11) is 1.64. The average Bonchev–Trinajstić information content (AvgIpc) is 2.60. The van der Waals surface area contributed by atoms with Gasteiger partial charge in [-0.25, -0.2) is 4.39 Å². The summed E-state index contributed by atoms with van der Waals surface area (Å²) in [6.07, 6.45) is 0. The summed E-state index contributed by atoms with van der Waals surface area (Å²) < 4.78 is 15.1. The van der Waals surface area contributed by atoms with Crippen LogP contribution in [0.4, 0.5) is 4.39 Å². The van der Waals surface area contributed by atoms with Gasteiger partial charge in [-0.1, -0.05) is 17.7 Å². The van der Waals surface area contributed by atoms with E-state index in [2.05, 4.69) is 10.2 Å². The van der Waals surface area contributed by atoms with E-state index < -0.39 is 5.82 Å². The molecule has 0 saturated heterocycles. The van der Waals surface area contributed by atoms with Crippen molar-refractivity contribution in [1.82, 2.24) is 14.8 Å². The molecule has 0 saturated carbocycles. The van der Waals surface area contributed by atoms with Crippen LogP contribution in [0.15, 0.2) is 18.2 Å². The predicted octanol–water partition coefficient (Wildman–Crippen LogP) is 1.77. The molecular weight excluding hydrogens is 233 g/mol. The van der Waals surface area contributed by atoms with Crippen LogP contribution in [0.5, 0.6) is 0 Å². The second-order valence-electron chi connectivity index (χ2n) is 3.25. The SMILES string of the molecule is Cn1c(CO)nnc1-c1c(F)cccc1Cl. The van der Waals surface area contributed by atoms with Crippen molar-refractivity contribution in [3.8, 4) is 11.4 Å². The van der Waals surface area contributed by atoms with E-state index in [4.69, 9.17) is 16.7 Å². The Hall–Kier alpha value is -1.46. The number of aliphatic hydroxyl groups excluding tert-OH is 1. The third-order valence-corrected chi connectivity index (χ3v) is 2.61. The zero-order chi connectivity index (χ0) is 11.7. The van der Waals surface area contributed by atoms with Gasteiger partial charge in [-0.3, -0.25) is 0 Å². The van der Waals surface area contributed by atoms with Crippen molar-refractivity contribution in [2.75, 3.05) is 0 Å². The smallest absolute Gasteiger partial charge is 0.168 e. The molecule has 0 aliphatic heterocycles. The number of hydrogen-bond acceptors (Lipinski definition) is 3. The van der Waals surface area contributed by atoms with Crippen molar-refractivity contribution in [3.05, 3.63) is 34.9 Å². The number of rotatable bonds is 2. The number of aromatic nitrogens is 3. The monoisotopic (exact) mass is 241 g/mol. The molecule has 0 radical (unpaired) electrons. The number of hydrogen-bond donors (Lipinski definition) is 1. The van der Waals surface area contributed by atoms with Crippen molar-refractivity contribution in [2.24, 2.45) is 7.05 Å². The number of benzene rings is 1. The molecule has 0 atom stereocenters. The zero-order valence-electron chi connectivity index (χ0n) is 8.48. The summed E-state index contributed by atoms with van der Waals surface area (Å²) in [5.41, 5.74) is 0.193. The fraction of sp³-hybridized carbons (Fsp3) is 0.200. The van der Waals surface area contributed by atoms with E-state index in [0.717, 1.165) is 0 Å². The van der Waals surface area contributed by atoms with Crippen LogP contribution in [-0.4, -0.2) is 19.9 Å². The maximum atomic E-state index is 13.6. The van der Waals surface area contributed by atoms with E-state index in [0.29, 0.717) is 11.6 Å². The summed E-state index contributed by atoms with van der Waals surface area (Å²) in [6, 6.07) is 4.40. The van der Waals surface area contributed by atoms with Crippen molar-refractivity contribution >= 4 is 11.6 Å². The molecule has 1 aromatic heterocycles. The van der Waals surface area contributed by atoms with Crippen molar-refractivity contribution in [2.45, 2.75) is 6.61 Å². The van der Waals surface area contributed by atoms with Gasteiger partial charge in [-0.15, -0.1) is 10.2 Å². The van der Waals surface area contributed by atoms with Crippen LogP contribution in [0.2, 0.25) is 5.02 Å². The van der Waals surface area contributed by atoms with Crippen molar-refractivity contribution in [1.29, 1.82) is 0 Å². The van der Waals surface area contributed by atoms with Gasteiger partial charge in [0.1, 0.15) is 12.4 Å². The lowest BCUT2D eigenvalue weighted by atomic mass is 10.2. The van der Waals surface area contributed by atoms with Crippen LogP contribution in [0.3, 0.4) is 0 Å². The van der Waals surface area contributed by atoms with Crippen LogP contribution >= 0.6 is 11.6 Å². The summed E-state index contributed by atoms with van der Waals surface area (Å²) in [5, 5.41) is 16.8. The van der Waals surface area contributed by atoms with Crippen LogP contribution < -0.4 is 0 Å². The first-order chi connectivity index (χ1) is 7.65. The molecule has 1 aromatic carbocycles. The lowest BCUT2D eigenvalue weighted by Gasteiger charge is -2.05. The van der Waals surface area contributed by atoms with Crippen molar-refractivity contribution < 1.29 is 9.50 Å². The second kappa shape index (κ2) is 4.19. The minimum absolute atomic E-state index is 0.193. The molecule has 0 fully saturated rings. The highest BCUT2D eigenvalue weighted by Gasteiger charge is 2.16. The van der Waals surface area contributed by atoms with Crippen molar-refractivity contribution in [3.63, 3.8) is 0 Å². The minimum Gasteiger partial charge on any atom is -0.388 e. The van der Waals surface area contributed by atoms with Gasteiger partial charge >= 0.3 is 0 Å². The van der Waals surface area contributed by atoms with E-state index >= 15 is 0 Å². The Kier molecular flexibility index (Phi) is 2.89. The van der Waals surface area contributed by atoms with E-state index in [1.165, 1.54) is 16.7 Å².